The van der Waals surface area contributed by atoms with E-state index in [1.165, 1.54) is 0 Å². The van der Waals surface area contributed by atoms with Crippen molar-refractivity contribution < 1.29 is 13.9 Å². The highest BCUT2D eigenvalue weighted by Gasteiger charge is 2.23. The van der Waals surface area contributed by atoms with Gasteiger partial charge < -0.3 is 14.9 Å². The van der Waals surface area contributed by atoms with E-state index in [9.17, 15) is 4.79 Å². The van der Waals surface area contributed by atoms with E-state index < -0.39 is 17.6 Å². The number of rotatable bonds is 3. The Labute approximate surface area is 112 Å². The van der Waals surface area contributed by atoms with Crippen LogP contribution in [0.15, 0.2) is 34.7 Å². The van der Waals surface area contributed by atoms with Crippen molar-refractivity contribution in [3.63, 3.8) is 0 Å². The third kappa shape index (κ3) is 3.58. The molecule has 0 bridgehead atoms. The molecule has 0 aliphatic carbocycles. The zero-order chi connectivity index (χ0) is 14.0. The fourth-order valence-electron chi connectivity index (χ4n) is 1.81. The Kier molecular flexibility index (Phi) is 3.62. The normalized spacial score (nSPS) is 13.5. The predicted octanol–water partition coefficient (Wildman–Crippen LogP) is 2.64. The van der Waals surface area contributed by atoms with Crippen LogP contribution in [0.2, 0.25) is 0 Å². The molecule has 0 aliphatic rings. The lowest BCUT2D eigenvalue weighted by Crippen LogP contribution is -2.38. The van der Waals surface area contributed by atoms with E-state index in [0.29, 0.717) is 12.2 Å². The second-order valence-electron chi connectivity index (χ2n) is 5.59. The second-order valence-corrected chi connectivity index (χ2v) is 5.59. The van der Waals surface area contributed by atoms with Gasteiger partial charge in [0, 0.05) is 11.8 Å². The lowest BCUT2D eigenvalue weighted by molar-refractivity contribution is -0.156. The molecule has 1 heterocycles. The number of fused-ring (bicyclic) bond motifs is 1. The fourth-order valence-corrected chi connectivity index (χ4v) is 1.81. The van der Waals surface area contributed by atoms with Gasteiger partial charge in [-0.05, 0) is 32.9 Å². The largest absolute Gasteiger partial charge is 0.461 e. The molecule has 102 valence electrons. The van der Waals surface area contributed by atoms with Crippen molar-refractivity contribution in [1.29, 1.82) is 0 Å². The lowest BCUT2D eigenvalue weighted by atomic mass is 10.1. The third-order valence-corrected chi connectivity index (χ3v) is 2.61. The molecule has 1 aromatic heterocycles. The SMILES string of the molecule is CC(C)(C)OC(=O)C(N)Cc1cc2ccccc2o1. The van der Waals surface area contributed by atoms with Crippen LogP contribution < -0.4 is 5.73 Å². The average Bonchev–Trinajstić information content (AvgIpc) is 2.68. The molecule has 0 saturated carbocycles. The Balaban J connectivity index is 2.06. The Morgan fingerprint density at radius 2 is 2.05 bits per heavy atom. The summed E-state index contributed by atoms with van der Waals surface area (Å²) in [7, 11) is 0. The Bertz CT molecular complexity index is 547. The number of benzene rings is 1. The van der Waals surface area contributed by atoms with Crippen LogP contribution in [0.3, 0.4) is 0 Å². The Hall–Kier alpha value is -1.81. The molecule has 1 unspecified atom stereocenters. The summed E-state index contributed by atoms with van der Waals surface area (Å²) in [6.45, 7) is 5.45. The van der Waals surface area contributed by atoms with E-state index in [-0.39, 0.29) is 0 Å². The number of para-hydroxylation sites is 1. The van der Waals surface area contributed by atoms with Crippen molar-refractivity contribution in [2.75, 3.05) is 0 Å². The zero-order valence-electron chi connectivity index (χ0n) is 11.5. The summed E-state index contributed by atoms with van der Waals surface area (Å²) in [5.74, 6) is 0.285. The first kappa shape index (κ1) is 13.6. The third-order valence-electron chi connectivity index (χ3n) is 2.61. The van der Waals surface area contributed by atoms with E-state index in [2.05, 4.69) is 0 Å². The number of esters is 1. The monoisotopic (exact) mass is 261 g/mol. The van der Waals surface area contributed by atoms with Crippen LogP contribution in [0.1, 0.15) is 26.5 Å². The summed E-state index contributed by atoms with van der Waals surface area (Å²) in [4.78, 5) is 11.8. The van der Waals surface area contributed by atoms with Gasteiger partial charge in [-0.15, -0.1) is 0 Å². The molecule has 0 spiro atoms. The number of carbonyl (C=O) groups excluding carboxylic acids is 1. The summed E-state index contributed by atoms with van der Waals surface area (Å²) in [5.41, 5.74) is 6.12. The number of hydrogen-bond acceptors (Lipinski definition) is 4. The molecule has 1 aromatic carbocycles. The van der Waals surface area contributed by atoms with Crippen molar-refractivity contribution in [3.8, 4) is 0 Å². The van der Waals surface area contributed by atoms with Gasteiger partial charge in [-0.1, -0.05) is 18.2 Å². The minimum Gasteiger partial charge on any atom is -0.461 e. The minimum absolute atomic E-state index is 0.337. The van der Waals surface area contributed by atoms with Gasteiger partial charge in [0.2, 0.25) is 0 Å². The van der Waals surface area contributed by atoms with Gasteiger partial charge in [0.05, 0.1) is 0 Å². The summed E-state index contributed by atoms with van der Waals surface area (Å²) < 4.78 is 10.9. The van der Waals surface area contributed by atoms with E-state index in [4.69, 9.17) is 14.9 Å². The first-order valence-corrected chi connectivity index (χ1v) is 6.31. The number of ether oxygens (including phenoxy) is 1. The van der Waals surface area contributed by atoms with Gasteiger partial charge in [-0.25, -0.2) is 0 Å². The van der Waals surface area contributed by atoms with E-state index in [1.54, 1.807) is 0 Å². The van der Waals surface area contributed by atoms with Gasteiger partial charge in [-0.2, -0.15) is 0 Å². The Morgan fingerprint density at radius 3 is 2.68 bits per heavy atom. The lowest BCUT2D eigenvalue weighted by Gasteiger charge is -2.21. The maximum absolute atomic E-state index is 11.8. The van der Waals surface area contributed by atoms with Gasteiger partial charge >= 0.3 is 5.97 Å². The number of nitrogens with two attached hydrogens (primary N) is 1. The van der Waals surface area contributed by atoms with Crippen LogP contribution >= 0.6 is 0 Å². The molecule has 1 atom stereocenters. The Morgan fingerprint density at radius 1 is 1.37 bits per heavy atom. The van der Waals surface area contributed by atoms with Crippen molar-refractivity contribution in [2.45, 2.75) is 38.8 Å². The summed E-state index contributed by atoms with van der Waals surface area (Å²) in [6.07, 6.45) is 0.337. The molecular weight excluding hydrogens is 242 g/mol. The van der Waals surface area contributed by atoms with Gasteiger partial charge in [-0.3, -0.25) is 4.79 Å². The molecule has 4 nitrogen and oxygen atoms in total. The van der Waals surface area contributed by atoms with Crippen LogP contribution in [-0.2, 0) is 16.0 Å². The smallest absolute Gasteiger partial charge is 0.323 e. The standard InChI is InChI=1S/C15H19NO3/c1-15(2,3)19-14(17)12(16)9-11-8-10-6-4-5-7-13(10)18-11/h4-8,12H,9,16H2,1-3H3. The average molecular weight is 261 g/mol. The first-order valence-electron chi connectivity index (χ1n) is 6.31. The molecule has 0 radical (unpaired) electrons. The summed E-state index contributed by atoms with van der Waals surface area (Å²) >= 11 is 0. The van der Waals surface area contributed by atoms with Crippen LogP contribution in [0.5, 0.6) is 0 Å². The molecule has 2 N–H and O–H groups in total. The maximum Gasteiger partial charge on any atom is 0.323 e. The quantitative estimate of drug-likeness (QED) is 0.863. The van der Waals surface area contributed by atoms with E-state index >= 15 is 0 Å². The molecule has 19 heavy (non-hydrogen) atoms. The van der Waals surface area contributed by atoms with Crippen LogP contribution in [-0.4, -0.2) is 17.6 Å². The van der Waals surface area contributed by atoms with Crippen LogP contribution in [0.25, 0.3) is 11.0 Å². The van der Waals surface area contributed by atoms with Gasteiger partial charge in [0.25, 0.3) is 0 Å². The molecule has 4 heteroatoms. The molecule has 0 amide bonds. The molecule has 2 rings (SSSR count). The fraction of sp³-hybridized carbons (Fsp3) is 0.400. The van der Waals surface area contributed by atoms with Crippen molar-refractivity contribution in [3.05, 3.63) is 36.1 Å². The van der Waals surface area contributed by atoms with E-state index in [0.717, 1.165) is 11.0 Å². The van der Waals surface area contributed by atoms with E-state index in [1.807, 2.05) is 51.1 Å². The first-order chi connectivity index (χ1) is 8.85. The summed E-state index contributed by atoms with van der Waals surface area (Å²) in [6, 6.07) is 8.89. The predicted molar refractivity (Wildman–Crippen MR) is 73.7 cm³/mol. The summed E-state index contributed by atoms with van der Waals surface area (Å²) in [5, 5.41) is 1.01. The number of hydrogen-bond donors (Lipinski definition) is 1. The number of furan rings is 1. The number of carbonyl (C=O) groups is 1. The molecule has 0 aliphatic heterocycles. The van der Waals surface area contributed by atoms with Crippen LogP contribution in [0, 0.1) is 0 Å². The molecule has 0 saturated heterocycles. The van der Waals surface area contributed by atoms with Gasteiger partial charge in [0.15, 0.2) is 0 Å². The highest BCUT2D eigenvalue weighted by Crippen LogP contribution is 2.20. The van der Waals surface area contributed by atoms with Crippen molar-refractivity contribution >= 4 is 16.9 Å². The topological polar surface area (TPSA) is 65.5 Å². The van der Waals surface area contributed by atoms with Crippen molar-refractivity contribution in [1.82, 2.24) is 0 Å². The maximum atomic E-state index is 11.8. The van der Waals surface area contributed by atoms with Gasteiger partial charge in [0.1, 0.15) is 23.0 Å². The minimum atomic E-state index is -0.709. The highest BCUT2D eigenvalue weighted by molar-refractivity contribution is 5.79. The molecule has 0 fully saturated rings. The zero-order valence-corrected chi connectivity index (χ0v) is 11.5. The van der Waals surface area contributed by atoms with Crippen molar-refractivity contribution in [2.24, 2.45) is 5.73 Å². The second kappa shape index (κ2) is 5.05. The molecule has 2 aromatic rings. The highest BCUT2D eigenvalue weighted by atomic mass is 16.6. The molecular formula is C15H19NO3. The van der Waals surface area contributed by atoms with Crippen LogP contribution in [0.4, 0.5) is 0 Å².